The van der Waals surface area contributed by atoms with Gasteiger partial charge in [-0.25, -0.2) is 8.42 Å². The number of likely N-dealkylation sites (tertiary alicyclic amines) is 1. The SMILES string of the molecule is O=C(S)N1CC=C(CS(=O)(=O)CC2(O)CN(C(c3ccc(Cl)cc3)c3ccc(Cl)cc3)C2)CC1. The highest BCUT2D eigenvalue weighted by Crippen LogP contribution is 2.37. The average molecular weight is 542 g/mol. The van der Waals surface area contributed by atoms with Gasteiger partial charge in [0.15, 0.2) is 9.84 Å². The minimum atomic E-state index is -3.53. The van der Waals surface area contributed by atoms with Crippen LogP contribution in [-0.4, -0.2) is 71.8 Å². The second kappa shape index (κ2) is 10.2. The second-order valence-corrected chi connectivity index (χ2v) is 12.3. The van der Waals surface area contributed by atoms with Crippen molar-refractivity contribution in [2.75, 3.05) is 37.7 Å². The normalized spacial score (nSPS) is 18.5. The maximum atomic E-state index is 12.9. The van der Waals surface area contributed by atoms with Crippen LogP contribution in [0, 0.1) is 0 Å². The van der Waals surface area contributed by atoms with Gasteiger partial charge in [0.1, 0.15) is 5.60 Å². The number of hydrogen-bond acceptors (Lipinski definition) is 5. The van der Waals surface area contributed by atoms with Crippen molar-refractivity contribution >= 4 is 50.9 Å². The van der Waals surface area contributed by atoms with Crippen LogP contribution in [0.1, 0.15) is 23.6 Å². The lowest BCUT2D eigenvalue weighted by molar-refractivity contribution is -0.0937. The van der Waals surface area contributed by atoms with Crippen LogP contribution in [0.25, 0.3) is 0 Å². The molecule has 1 amide bonds. The standard InChI is InChI=1S/C24H26Cl2N2O4S2/c25-20-5-1-18(2-6-20)22(19-3-7-21(26)8-4-19)28-14-24(30,15-28)16-34(31,32)13-17-9-11-27(12-10-17)23(29)33/h1-9,22,30H,10-16H2,(H,29,33). The summed E-state index contributed by atoms with van der Waals surface area (Å²) in [5.74, 6) is -0.418. The Morgan fingerprint density at radius 3 is 2.00 bits per heavy atom. The van der Waals surface area contributed by atoms with Crippen molar-refractivity contribution in [3.05, 3.63) is 81.4 Å². The van der Waals surface area contributed by atoms with Gasteiger partial charge < -0.3 is 10.0 Å². The number of benzene rings is 2. The first-order valence-corrected chi connectivity index (χ1v) is 13.9. The molecule has 1 saturated heterocycles. The van der Waals surface area contributed by atoms with Gasteiger partial charge >= 0.3 is 0 Å². The molecule has 0 spiro atoms. The van der Waals surface area contributed by atoms with Gasteiger partial charge in [-0.1, -0.05) is 71.7 Å². The number of carbonyl (C=O) groups is 1. The summed E-state index contributed by atoms with van der Waals surface area (Å²) in [5.41, 5.74) is 1.43. The highest BCUT2D eigenvalue weighted by Gasteiger charge is 2.47. The maximum Gasteiger partial charge on any atom is 0.278 e. The van der Waals surface area contributed by atoms with Crippen molar-refractivity contribution in [2.24, 2.45) is 0 Å². The summed E-state index contributed by atoms with van der Waals surface area (Å²) in [4.78, 5) is 14.9. The molecule has 2 heterocycles. The van der Waals surface area contributed by atoms with Crippen molar-refractivity contribution in [2.45, 2.75) is 18.1 Å². The summed E-state index contributed by atoms with van der Waals surface area (Å²) >= 11 is 15.9. The van der Waals surface area contributed by atoms with E-state index >= 15 is 0 Å². The zero-order chi connectivity index (χ0) is 24.5. The molecule has 0 aromatic heterocycles. The predicted octanol–water partition coefficient (Wildman–Crippen LogP) is 4.23. The molecule has 0 bridgehead atoms. The van der Waals surface area contributed by atoms with Crippen molar-refractivity contribution in [1.29, 1.82) is 0 Å². The minimum absolute atomic E-state index is 0.109. The number of halogens is 2. The summed E-state index contributed by atoms with van der Waals surface area (Å²) in [5, 5.41) is 12.0. The number of rotatable bonds is 7. The molecule has 2 aliphatic heterocycles. The zero-order valence-corrected chi connectivity index (χ0v) is 21.6. The first kappa shape index (κ1) is 25.5. The Morgan fingerprint density at radius 2 is 1.56 bits per heavy atom. The monoisotopic (exact) mass is 540 g/mol. The third-order valence-electron chi connectivity index (χ3n) is 6.20. The van der Waals surface area contributed by atoms with Crippen molar-refractivity contribution in [1.82, 2.24) is 9.80 Å². The second-order valence-electron chi connectivity index (χ2n) is 9.01. The molecule has 0 unspecified atom stereocenters. The van der Waals surface area contributed by atoms with E-state index in [0.717, 1.165) is 16.7 Å². The third-order valence-corrected chi connectivity index (χ3v) is 8.77. The summed E-state index contributed by atoms with van der Waals surface area (Å²) in [7, 11) is -3.53. The van der Waals surface area contributed by atoms with Gasteiger partial charge in [0.05, 0.1) is 17.5 Å². The van der Waals surface area contributed by atoms with E-state index in [0.29, 0.717) is 29.6 Å². The van der Waals surface area contributed by atoms with E-state index < -0.39 is 15.4 Å². The van der Waals surface area contributed by atoms with E-state index in [9.17, 15) is 18.3 Å². The molecule has 182 valence electrons. The number of amides is 1. The minimum Gasteiger partial charge on any atom is -0.386 e. The Labute approximate surface area is 215 Å². The molecule has 34 heavy (non-hydrogen) atoms. The molecule has 2 aromatic rings. The lowest BCUT2D eigenvalue weighted by Gasteiger charge is -2.50. The first-order chi connectivity index (χ1) is 16.0. The number of nitrogens with zero attached hydrogens (tertiary/aromatic N) is 2. The van der Waals surface area contributed by atoms with Crippen LogP contribution in [0.4, 0.5) is 4.79 Å². The van der Waals surface area contributed by atoms with Crippen LogP contribution in [0.3, 0.4) is 0 Å². The van der Waals surface area contributed by atoms with Crippen molar-refractivity contribution < 1.29 is 18.3 Å². The Morgan fingerprint density at radius 1 is 1.03 bits per heavy atom. The quantitative estimate of drug-likeness (QED) is 0.406. The fourth-order valence-corrected chi connectivity index (χ4v) is 7.01. The molecule has 0 atom stereocenters. The highest BCUT2D eigenvalue weighted by molar-refractivity contribution is 7.96. The maximum absolute atomic E-state index is 12.9. The van der Waals surface area contributed by atoms with Crippen LogP contribution in [-0.2, 0) is 9.84 Å². The molecule has 4 rings (SSSR count). The number of carbonyl (C=O) groups excluding carboxylic acids is 1. The fourth-order valence-electron chi connectivity index (χ4n) is 4.65. The Bertz CT molecular complexity index is 1130. The van der Waals surface area contributed by atoms with Crippen LogP contribution in [0.15, 0.2) is 60.2 Å². The summed E-state index contributed by atoms with van der Waals surface area (Å²) in [6, 6.07) is 14.8. The highest BCUT2D eigenvalue weighted by atomic mass is 35.5. The van der Waals surface area contributed by atoms with E-state index in [-0.39, 0.29) is 35.9 Å². The van der Waals surface area contributed by atoms with Gasteiger partial charge in [0, 0.05) is 36.2 Å². The van der Waals surface area contributed by atoms with E-state index in [1.165, 1.54) is 0 Å². The Balaban J connectivity index is 1.44. The molecule has 2 aromatic carbocycles. The van der Waals surface area contributed by atoms with Crippen molar-refractivity contribution in [3.63, 3.8) is 0 Å². The molecule has 6 nitrogen and oxygen atoms in total. The largest absolute Gasteiger partial charge is 0.386 e. The third kappa shape index (κ3) is 6.17. The summed E-state index contributed by atoms with van der Waals surface area (Å²) < 4.78 is 25.7. The van der Waals surface area contributed by atoms with E-state index in [1.807, 2.05) is 48.5 Å². The van der Waals surface area contributed by atoms with Gasteiger partial charge in [-0.3, -0.25) is 9.69 Å². The zero-order valence-electron chi connectivity index (χ0n) is 18.4. The van der Waals surface area contributed by atoms with Crippen LogP contribution in [0.5, 0.6) is 0 Å². The molecule has 1 fully saturated rings. The van der Waals surface area contributed by atoms with Gasteiger partial charge in [0.25, 0.3) is 5.24 Å². The lowest BCUT2D eigenvalue weighted by atomic mass is 9.88. The summed E-state index contributed by atoms with van der Waals surface area (Å²) in [6.45, 7) is 1.26. The molecule has 0 saturated carbocycles. The summed E-state index contributed by atoms with van der Waals surface area (Å²) in [6.07, 6.45) is 2.26. The Hall–Kier alpha value is -1.55. The van der Waals surface area contributed by atoms with Crippen LogP contribution >= 0.6 is 35.8 Å². The molecule has 0 aliphatic carbocycles. The molecule has 2 aliphatic rings. The molecule has 10 heteroatoms. The number of hydrogen-bond donors (Lipinski definition) is 2. The van der Waals surface area contributed by atoms with Gasteiger partial charge in [0.2, 0.25) is 0 Å². The topological polar surface area (TPSA) is 77.9 Å². The first-order valence-electron chi connectivity index (χ1n) is 10.9. The Kier molecular flexibility index (Phi) is 7.67. The van der Waals surface area contributed by atoms with E-state index in [2.05, 4.69) is 17.5 Å². The van der Waals surface area contributed by atoms with Gasteiger partial charge in [-0.2, -0.15) is 0 Å². The predicted molar refractivity (Wildman–Crippen MR) is 139 cm³/mol. The average Bonchev–Trinajstić information content (AvgIpc) is 2.75. The van der Waals surface area contributed by atoms with Crippen LogP contribution in [0.2, 0.25) is 10.0 Å². The molecular weight excluding hydrogens is 515 g/mol. The number of β-amino-alcohol motifs (C(OH)–C–C–N with tert-alkyl or cyclic N) is 1. The molecule has 1 N–H and O–H groups in total. The number of thiol groups is 1. The number of aliphatic hydroxyl groups is 1. The van der Waals surface area contributed by atoms with Gasteiger partial charge in [-0.05, 0) is 41.8 Å². The molecule has 0 radical (unpaired) electrons. The van der Waals surface area contributed by atoms with Gasteiger partial charge in [-0.15, -0.1) is 0 Å². The smallest absolute Gasteiger partial charge is 0.278 e. The lowest BCUT2D eigenvalue weighted by Crippen LogP contribution is -2.65. The van der Waals surface area contributed by atoms with E-state index in [4.69, 9.17) is 23.2 Å². The molecular formula is C24H26Cl2N2O4S2. The van der Waals surface area contributed by atoms with Crippen molar-refractivity contribution in [3.8, 4) is 0 Å². The fraction of sp³-hybridized carbons (Fsp3) is 0.375. The van der Waals surface area contributed by atoms with Crippen LogP contribution < -0.4 is 0 Å². The number of sulfone groups is 1. The van der Waals surface area contributed by atoms with E-state index in [1.54, 1.807) is 11.0 Å².